The summed E-state index contributed by atoms with van der Waals surface area (Å²) in [7, 11) is 0. The molecule has 1 aromatic heterocycles. The molecule has 0 spiro atoms. The number of ether oxygens (including phenoxy) is 1. The summed E-state index contributed by atoms with van der Waals surface area (Å²) < 4.78 is 20.5. The number of nitrogens with zero attached hydrogens (tertiary/aromatic N) is 2. The highest BCUT2D eigenvalue weighted by atomic mass is 19.1. The van der Waals surface area contributed by atoms with Gasteiger partial charge < -0.3 is 20.7 Å². The number of esters is 1. The van der Waals surface area contributed by atoms with Gasteiger partial charge in [-0.25, -0.2) is 9.18 Å². The van der Waals surface area contributed by atoms with Crippen molar-refractivity contribution in [3.63, 3.8) is 0 Å². The predicted octanol–water partition coefficient (Wildman–Crippen LogP) is 4.93. The minimum absolute atomic E-state index is 0.00379. The van der Waals surface area contributed by atoms with Crippen LogP contribution in [-0.4, -0.2) is 52.6 Å². The number of aromatic nitrogens is 1. The molecule has 3 heterocycles. The van der Waals surface area contributed by atoms with Crippen LogP contribution in [0.1, 0.15) is 67.9 Å². The Balaban J connectivity index is 1.25. The highest BCUT2D eigenvalue weighted by Crippen LogP contribution is 2.39. The van der Waals surface area contributed by atoms with Crippen LogP contribution in [0.4, 0.5) is 10.1 Å². The van der Waals surface area contributed by atoms with Crippen LogP contribution in [0.15, 0.2) is 54.6 Å². The number of anilines is 1. The summed E-state index contributed by atoms with van der Waals surface area (Å²) in [4.78, 5) is 41.9. The number of carbonyl (C=O) groups is 3. The molecule has 2 aliphatic heterocycles. The Kier molecular flexibility index (Phi) is 7.09. The van der Waals surface area contributed by atoms with E-state index in [0.29, 0.717) is 37.2 Å². The van der Waals surface area contributed by atoms with E-state index in [1.54, 1.807) is 11.0 Å². The number of halogens is 1. The highest BCUT2D eigenvalue weighted by molar-refractivity contribution is 6.02. The highest BCUT2D eigenvalue weighted by Gasteiger charge is 2.45. The molecule has 216 valence electrons. The first-order chi connectivity index (χ1) is 19.7. The largest absolute Gasteiger partial charge is 0.434 e. The van der Waals surface area contributed by atoms with Gasteiger partial charge in [0.2, 0.25) is 11.8 Å². The number of nitrogens with one attached hydrogen (secondary N) is 1. The fourth-order valence-corrected chi connectivity index (χ4v) is 7.13. The summed E-state index contributed by atoms with van der Waals surface area (Å²) in [5.74, 6) is -0.833. The minimum Gasteiger partial charge on any atom is -0.434 e. The normalized spacial score (nSPS) is 26.0. The van der Waals surface area contributed by atoms with Crippen molar-refractivity contribution in [1.82, 2.24) is 9.47 Å². The average Bonchev–Trinajstić information content (AvgIpc) is 3.65. The molecule has 3 N–H and O–H groups in total. The number of alkyl halides is 1. The van der Waals surface area contributed by atoms with Gasteiger partial charge in [0.15, 0.2) is 5.72 Å². The number of rotatable bonds is 6. The Hall–Kier alpha value is -3.72. The second-order valence-electron chi connectivity index (χ2n) is 12.2. The monoisotopic (exact) mass is 560 g/mol. The third kappa shape index (κ3) is 4.90. The van der Waals surface area contributed by atoms with Gasteiger partial charge in [-0.15, -0.1) is 0 Å². The second-order valence-corrected chi connectivity index (χ2v) is 12.2. The third-order valence-corrected chi connectivity index (χ3v) is 9.24. The number of amides is 2. The summed E-state index contributed by atoms with van der Waals surface area (Å²) in [5, 5.41) is 3.90. The molecular formula is C32H37FN4O4. The number of nitrogens with two attached hydrogens (primary N) is 1. The second kappa shape index (κ2) is 10.6. The van der Waals surface area contributed by atoms with Crippen molar-refractivity contribution in [2.45, 2.75) is 69.7 Å². The molecule has 3 aliphatic rings. The first-order valence-electron chi connectivity index (χ1n) is 14.5. The average molecular weight is 561 g/mol. The third-order valence-electron chi connectivity index (χ3n) is 9.24. The number of hydrogen-bond acceptors (Lipinski definition) is 5. The predicted molar refractivity (Wildman–Crippen MR) is 154 cm³/mol. The number of likely N-dealkylation sites (tertiary alicyclic amines) is 1. The molecule has 0 bridgehead atoms. The zero-order chi connectivity index (χ0) is 28.9. The Morgan fingerprint density at radius 3 is 2.51 bits per heavy atom. The SMILES string of the molecule is CC1(C)OC(=O)c2cc3cc(NC(=O)[C@@H]4[C@H](c5ccccc5)CCN4C(=O)C4CCC([C@H](N)CF)CC4)ccc3n21. The van der Waals surface area contributed by atoms with E-state index in [9.17, 15) is 18.8 Å². The number of carbonyl (C=O) groups excluding carboxylic acids is 3. The number of benzene rings is 2. The quantitative estimate of drug-likeness (QED) is 0.416. The van der Waals surface area contributed by atoms with Gasteiger partial charge in [0.05, 0.1) is 5.52 Å². The van der Waals surface area contributed by atoms with Crippen LogP contribution in [-0.2, 0) is 20.1 Å². The maximum atomic E-state index is 14.0. The van der Waals surface area contributed by atoms with E-state index in [1.165, 1.54) is 0 Å². The van der Waals surface area contributed by atoms with E-state index in [4.69, 9.17) is 10.5 Å². The van der Waals surface area contributed by atoms with E-state index in [1.807, 2.05) is 66.9 Å². The van der Waals surface area contributed by atoms with Crippen molar-refractivity contribution >= 4 is 34.4 Å². The van der Waals surface area contributed by atoms with Crippen molar-refractivity contribution in [2.24, 2.45) is 17.6 Å². The fraction of sp³-hybridized carbons (Fsp3) is 0.469. The van der Waals surface area contributed by atoms with Crippen molar-refractivity contribution in [2.75, 3.05) is 18.5 Å². The number of fused-ring (bicyclic) bond motifs is 3. The van der Waals surface area contributed by atoms with E-state index >= 15 is 0 Å². The summed E-state index contributed by atoms with van der Waals surface area (Å²) in [5.41, 5.74) is 8.10. The lowest BCUT2D eigenvalue weighted by atomic mass is 9.78. The molecule has 1 saturated heterocycles. The molecule has 0 radical (unpaired) electrons. The number of hydrogen-bond donors (Lipinski definition) is 2. The van der Waals surface area contributed by atoms with Gasteiger partial charge in [-0.05, 0) is 81.7 Å². The molecule has 9 heteroatoms. The van der Waals surface area contributed by atoms with Crippen molar-refractivity contribution in [1.29, 1.82) is 0 Å². The summed E-state index contributed by atoms with van der Waals surface area (Å²) in [6.45, 7) is 3.64. The fourth-order valence-electron chi connectivity index (χ4n) is 7.13. The number of cyclic esters (lactones) is 1. The van der Waals surface area contributed by atoms with E-state index in [2.05, 4.69) is 5.32 Å². The lowest BCUT2D eigenvalue weighted by Crippen LogP contribution is -2.48. The molecule has 0 unspecified atom stereocenters. The first-order valence-corrected chi connectivity index (χ1v) is 14.5. The van der Waals surface area contributed by atoms with Crippen LogP contribution in [0.25, 0.3) is 10.9 Å². The van der Waals surface area contributed by atoms with Crippen LogP contribution in [0.3, 0.4) is 0 Å². The molecule has 41 heavy (non-hydrogen) atoms. The lowest BCUT2D eigenvalue weighted by Gasteiger charge is -2.35. The smallest absolute Gasteiger partial charge is 0.357 e. The van der Waals surface area contributed by atoms with Crippen LogP contribution in [0.2, 0.25) is 0 Å². The van der Waals surface area contributed by atoms with Gasteiger partial charge in [0, 0.05) is 35.5 Å². The molecule has 2 fully saturated rings. The standard InChI is InChI=1S/C32H37FN4O4/c1-32(2)37-26-13-12-23(16-22(26)17-27(37)31(40)41-32)35-29(38)28-24(19-6-4-3-5-7-19)14-15-36(28)30(39)21-10-8-20(9-11-21)25(34)18-33/h3-7,12-13,16-17,20-21,24-25,28H,8-11,14-15,18,34H2,1-2H3,(H,35,38)/t20?,21?,24-,25+,28-/m0/s1. The van der Waals surface area contributed by atoms with E-state index < -0.39 is 24.5 Å². The maximum Gasteiger partial charge on any atom is 0.357 e. The summed E-state index contributed by atoms with van der Waals surface area (Å²) in [6.07, 6.45) is 3.46. The Morgan fingerprint density at radius 2 is 1.80 bits per heavy atom. The minimum atomic E-state index is -0.789. The van der Waals surface area contributed by atoms with Crippen LogP contribution >= 0.6 is 0 Å². The van der Waals surface area contributed by atoms with Crippen molar-refractivity contribution in [3.8, 4) is 0 Å². The molecular weight excluding hydrogens is 523 g/mol. The Labute approximate surface area is 239 Å². The van der Waals surface area contributed by atoms with E-state index in [-0.39, 0.29) is 35.5 Å². The Bertz CT molecular complexity index is 1480. The van der Waals surface area contributed by atoms with Crippen LogP contribution < -0.4 is 11.1 Å². The van der Waals surface area contributed by atoms with Gasteiger partial charge in [-0.3, -0.25) is 14.2 Å². The zero-order valence-electron chi connectivity index (χ0n) is 23.5. The van der Waals surface area contributed by atoms with Crippen molar-refractivity contribution < 1.29 is 23.5 Å². The molecule has 1 aliphatic carbocycles. The first kappa shape index (κ1) is 27.4. The summed E-state index contributed by atoms with van der Waals surface area (Å²) in [6, 6.07) is 16.1. The molecule has 3 atom stereocenters. The molecule has 6 rings (SSSR count). The Morgan fingerprint density at radius 1 is 1.07 bits per heavy atom. The molecule has 2 amide bonds. The van der Waals surface area contributed by atoms with Crippen molar-refractivity contribution in [3.05, 3.63) is 65.9 Å². The molecule has 2 aromatic carbocycles. The molecule has 8 nitrogen and oxygen atoms in total. The van der Waals surface area contributed by atoms with Gasteiger partial charge >= 0.3 is 5.97 Å². The molecule has 3 aromatic rings. The van der Waals surface area contributed by atoms with Gasteiger partial charge in [0.25, 0.3) is 0 Å². The van der Waals surface area contributed by atoms with E-state index in [0.717, 1.165) is 29.3 Å². The maximum absolute atomic E-state index is 14.0. The lowest BCUT2D eigenvalue weighted by molar-refractivity contribution is -0.141. The summed E-state index contributed by atoms with van der Waals surface area (Å²) >= 11 is 0. The van der Waals surface area contributed by atoms with Gasteiger partial charge in [0.1, 0.15) is 18.4 Å². The zero-order valence-corrected chi connectivity index (χ0v) is 23.5. The molecule has 1 saturated carbocycles. The van der Waals surface area contributed by atoms with Crippen LogP contribution in [0.5, 0.6) is 0 Å². The van der Waals surface area contributed by atoms with Gasteiger partial charge in [-0.1, -0.05) is 30.3 Å². The topological polar surface area (TPSA) is 107 Å². The van der Waals surface area contributed by atoms with Gasteiger partial charge in [-0.2, -0.15) is 0 Å². The van der Waals surface area contributed by atoms with Crippen LogP contribution in [0, 0.1) is 11.8 Å².